The Hall–Kier alpha value is -0.680. The van der Waals surface area contributed by atoms with Gasteiger partial charge in [-0.05, 0) is 30.4 Å². The number of ether oxygens (including phenoxy) is 1. The molecule has 0 saturated carbocycles. The number of halogens is 1. The van der Waals surface area contributed by atoms with Gasteiger partial charge < -0.3 is 4.74 Å². The molecule has 2 rings (SSSR count). The Morgan fingerprint density at radius 1 is 1.50 bits per heavy atom. The van der Waals surface area contributed by atoms with Gasteiger partial charge in [0.15, 0.2) is 0 Å². The van der Waals surface area contributed by atoms with Crippen molar-refractivity contribution >= 4 is 11.6 Å². The number of nitrogens with zero attached hydrogens (tertiary/aromatic N) is 1. The third kappa shape index (κ3) is 2.52. The highest BCUT2D eigenvalue weighted by Gasteiger charge is 2.25. The first-order valence-corrected chi connectivity index (χ1v) is 5.84. The molecule has 88 valence electrons. The molecular weight excluding hydrogens is 226 g/mol. The van der Waals surface area contributed by atoms with Gasteiger partial charge in [0.2, 0.25) is 0 Å². The SMILES string of the molecule is NNC(c1ccncc1Cl)C1CCOCC1. The van der Waals surface area contributed by atoms with Crippen molar-refractivity contribution in [1.82, 2.24) is 10.4 Å². The summed E-state index contributed by atoms with van der Waals surface area (Å²) in [6.45, 7) is 1.59. The topological polar surface area (TPSA) is 60.2 Å². The van der Waals surface area contributed by atoms with Gasteiger partial charge >= 0.3 is 0 Å². The van der Waals surface area contributed by atoms with Crippen molar-refractivity contribution in [3.05, 3.63) is 29.0 Å². The first kappa shape index (κ1) is 11.8. The predicted octanol–water partition coefficient (Wildman–Crippen LogP) is 1.67. The molecule has 1 unspecified atom stereocenters. The van der Waals surface area contributed by atoms with Crippen molar-refractivity contribution in [1.29, 1.82) is 0 Å². The summed E-state index contributed by atoms with van der Waals surface area (Å²) < 4.78 is 5.35. The third-order valence-electron chi connectivity index (χ3n) is 3.06. The van der Waals surface area contributed by atoms with Crippen LogP contribution in [0, 0.1) is 5.92 Å². The number of nitrogens with one attached hydrogen (secondary N) is 1. The molecule has 2 heterocycles. The zero-order valence-corrected chi connectivity index (χ0v) is 9.78. The second-order valence-electron chi connectivity index (χ2n) is 3.99. The van der Waals surface area contributed by atoms with Crippen LogP contribution in [-0.4, -0.2) is 18.2 Å². The van der Waals surface area contributed by atoms with E-state index in [2.05, 4.69) is 10.4 Å². The molecule has 1 aliphatic heterocycles. The molecule has 1 fully saturated rings. The zero-order chi connectivity index (χ0) is 11.4. The molecule has 1 aromatic rings. The predicted molar refractivity (Wildman–Crippen MR) is 62.9 cm³/mol. The minimum absolute atomic E-state index is 0.0828. The lowest BCUT2D eigenvalue weighted by Crippen LogP contribution is -2.36. The lowest BCUT2D eigenvalue weighted by atomic mass is 9.88. The quantitative estimate of drug-likeness (QED) is 0.624. The molecule has 0 radical (unpaired) electrons. The van der Waals surface area contributed by atoms with Crippen LogP contribution < -0.4 is 11.3 Å². The van der Waals surface area contributed by atoms with E-state index in [1.165, 1.54) is 0 Å². The number of hydrogen-bond donors (Lipinski definition) is 2. The molecule has 1 atom stereocenters. The Balaban J connectivity index is 2.18. The van der Waals surface area contributed by atoms with Gasteiger partial charge in [-0.25, -0.2) is 0 Å². The van der Waals surface area contributed by atoms with Crippen molar-refractivity contribution in [3.63, 3.8) is 0 Å². The third-order valence-corrected chi connectivity index (χ3v) is 3.37. The fraction of sp³-hybridized carbons (Fsp3) is 0.545. The Kier molecular flexibility index (Phi) is 4.12. The van der Waals surface area contributed by atoms with Gasteiger partial charge in [0, 0.05) is 25.6 Å². The van der Waals surface area contributed by atoms with Gasteiger partial charge in [-0.3, -0.25) is 16.3 Å². The standard InChI is InChI=1S/C11H16ClN3O/c12-10-7-14-4-1-9(10)11(15-13)8-2-5-16-6-3-8/h1,4,7-8,11,15H,2-3,5-6,13H2. The Morgan fingerprint density at radius 3 is 2.88 bits per heavy atom. The summed E-state index contributed by atoms with van der Waals surface area (Å²) in [5, 5.41) is 0.664. The van der Waals surface area contributed by atoms with Gasteiger partial charge in [-0.15, -0.1) is 0 Å². The summed E-state index contributed by atoms with van der Waals surface area (Å²) in [5.41, 5.74) is 3.88. The molecule has 1 saturated heterocycles. The Morgan fingerprint density at radius 2 is 2.25 bits per heavy atom. The average Bonchev–Trinajstić information content (AvgIpc) is 2.34. The summed E-state index contributed by atoms with van der Waals surface area (Å²) >= 11 is 6.13. The fourth-order valence-electron chi connectivity index (χ4n) is 2.17. The number of hydrazine groups is 1. The molecule has 5 heteroatoms. The summed E-state index contributed by atoms with van der Waals surface area (Å²) in [7, 11) is 0. The van der Waals surface area contributed by atoms with Crippen LogP contribution in [0.1, 0.15) is 24.4 Å². The molecule has 0 amide bonds. The van der Waals surface area contributed by atoms with E-state index in [1.807, 2.05) is 6.07 Å². The normalized spacial score (nSPS) is 19.6. The van der Waals surface area contributed by atoms with Crippen LogP contribution in [0.2, 0.25) is 5.02 Å². The van der Waals surface area contributed by atoms with Crippen molar-refractivity contribution in [2.75, 3.05) is 13.2 Å². The van der Waals surface area contributed by atoms with E-state index in [4.69, 9.17) is 22.2 Å². The largest absolute Gasteiger partial charge is 0.381 e. The minimum atomic E-state index is 0.0828. The van der Waals surface area contributed by atoms with E-state index in [0.717, 1.165) is 31.6 Å². The molecule has 1 aromatic heterocycles. The summed E-state index contributed by atoms with van der Waals surface area (Å²) in [4.78, 5) is 3.98. The number of hydrogen-bond acceptors (Lipinski definition) is 4. The van der Waals surface area contributed by atoms with Crippen molar-refractivity contribution < 1.29 is 4.74 Å². The van der Waals surface area contributed by atoms with Gasteiger partial charge in [-0.1, -0.05) is 11.6 Å². The van der Waals surface area contributed by atoms with Crippen molar-refractivity contribution in [2.45, 2.75) is 18.9 Å². The Labute approximate surface area is 100 Å². The summed E-state index contributed by atoms with van der Waals surface area (Å²) in [6.07, 6.45) is 5.41. The fourth-order valence-corrected chi connectivity index (χ4v) is 2.40. The smallest absolute Gasteiger partial charge is 0.0637 e. The Bertz CT molecular complexity index is 342. The van der Waals surface area contributed by atoms with Crippen LogP contribution in [0.3, 0.4) is 0 Å². The summed E-state index contributed by atoms with van der Waals surface area (Å²) in [5.74, 6) is 6.11. The number of nitrogens with two attached hydrogens (primary N) is 1. The molecule has 1 aliphatic rings. The maximum absolute atomic E-state index is 6.13. The van der Waals surface area contributed by atoms with E-state index >= 15 is 0 Å². The average molecular weight is 242 g/mol. The highest BCUT2D eigenvalue weighted by Crippen LogP contribution is 2.32. The lowest BCUT2D eigenvalue weighted by molar-refractivity contribution is 0.0536. The van der Waals surface area contributed by atoms with Crippen molar-refractivity contribution in [3.8, 4) is 0 Å². The molecule has 3 N–H and O–H groups in total. The first-order valence-electron chi connectivity index (χ1n) is 5.46. The monoisotopic (exact) mass is 241 g/mol. The number of rotatable bonds is 3. The van der Waals surface area contributed by atoms with Crippen LogP contribution >= 0.6 is 11.6 Å². The van der Waals surface area contributed by atoms with Crippen LogP contribution in [-0.2, 0) is 4.74 Å². The van der Waals surface area contributed by atoms with E-state index in [9.17, 15) is 0 Å². The molecule has 0 bridgehead atoms. The molecule has 0 spiro atoms. The number of pyridine rings is 1. The van der Waals surface area contributed by atoms with E-state index in [-0.39, 0.29) is 6.04 Å². The number of aromatic nitrogens is 1. The van der Waals surface area contributed by atoms with E-state index in [1.54, 1.807) is 12.4 Å². The van der Waals surface area contributed by atoms with E-state index < -0.39 is 0 Å². The van der Waals surface area contributed by atoms with Crippen LogP contribution in [0.4, 0.5) is 0 Å². The maximum Gasteiger partial charge on any atom is 0.0637 e. The van der Waals surface area contributed by atoms with Gasteiger partial charge in [-0.2, -0.15) is 0 Å². The minimum Gasteiger partial charge on any atom is -0.381 e. The lowest BCUT2D eigenvalue weighted by Gasteiger charge is -2.30. The van der Waals surface area contributed by atoms with Crippen LogP contribution in [0.5, 0.6) is 0 Å². The van der Waals surface area contributed by atoms with Gasteiger partial charge in [0.1, 0.15) is 0 Å². The van der Waals surface area contributed by atoms with E-state index in [0.29, 0.717) is 10.9 Å². The molecule has 16 heavy (non-hydrogen) atoms. The second kappa shape index (κ2) is 5.59. The van der Waals surface area contributed by atoms with Gasteiger partial charge in [0.05, 0.1) is 11.1 Å². The molecule has 4 nitrogen and oxygen atoms in total. The summed E-state index contributed by atoms with van der Waals surface area (Å²) in [6, 6.07) is 2.00. The first-order chi connectivity index (χ1) is 7.83. The highest BCUT2D eigenvalue weighted by molar-refractivity contribution is 6.31. The zero-order valence-electron chi connectivity index (χ0n) is 9.03. The van der Waals surface area contributed by atoms with Gasteiger partial charge in [0.25, 0.3) is 0 Å². The molecular formula is C11H16ClN3O. The highest BCUT2D eigenvalue weighted by atomic mass is 35.5. The van der Waals surface area contributed by atoms with Crippen LogP contribution in [0.25, 0.3) is 0 Å². The van der Waals surface area contributed by atoms with Crippen molar-refractivity contribution in [2.24, 2.45) is 11.8 Å². The maximum atomic E-state index is 6.13. The van der Waals surface area contributed by atoms with Crippen LogP contribution in [0.15, 0.2) is 18.5 Å². The molecule has 0 aromatic carbocycles. The molecule has 0 aliphatic carbocycles. The second-order valence-corrected chi connectivity index (χ2v) is 4.40.